The molecule has 0 radical (unpaired) electrons. The van der Waals surface area contributed by atoms with Gasteiger partial charge in [0.2, 0.25) is 5.91 Å². The lowest BCUT2D eigenvalue weighted by atomic mass is 10.1. The van der Waals surface area contributed by atoms with Gasteiger partial charge in [-0.2, -0.15) is 5.10 Å². The lowest BCUT2D eigenvalue weighted by Gasteiger charge is -2.25. The van der Waals surface area contributed by atoms with Crippen molar-refractivity contribution in [3.8, 4) is 11.3 Å². The van der Waals surface area contributed by atoms with E-state index in [0.29, 0.717) is 18.8 Å². The van der Waals surface area contributed by atoms with Gasteiger partial charge in [-0.3, -0.25) is 9.59 Å². The molecule has 1 atom stereocenters. The van der Waals surface area contributed by atoms with Crippen LogP contribution in [0.5, 0.6) is 0 Å². The van der Waals surface area contributed by atoms with Crippen LogP contribution in [0.4, 0.5) is 0 Å². The summed E-state index contributed by atoms with van der Waals surface area (Å²) in [6.07, 6.45) is 0. The van der Waals surface area contributed by atoms with E-state index in [9.17, 15) is 9.59 Å². The first-order valence-electron chi connectivity index (χ1n) is 9.08. The first-order chi connectivity index (χ1) is 13.1. The second-order valence-electron chi connectivity index (χ2n) is 6.38. The number of amides is 1. The highest BCUT2D eigenvalue weighted by Gasteiger charge is 2.23. The summed E-state index contributed by atoms with van der Waals surface area (Å²) in [5.74, 6) is -0.124. The molecule has 0 saturated carbocycles. The van der Waals surface area contributed by atoms with Gasteiger partial charge in [0.05, 0.1) is 5.69 Å². The van der Waals surface area contributed by atoms with Crippen molar-refractivity contribution in [3.05, 3.63) is 88.7 Å². The van der Waals surface area contributed by atoms with Gasteiger partial charge in [-0.05, 0) is 25.5 Å². The summed E-state index contributed by atoms with van der Waals surface area (Å²) >= 11 is 0. The predicted molar refractivity (Wildman–Crippen MR) is 106 cm³/mol. The molecule has 0 spiro atoms. The average Bonchev–Trinajstić information content (AvgIpc) is 2.72. The molecule has 5 nitrogen and oxygen atoms in total. The number of hydrogen-bond donors (Lipinski definition) is 0. The van der Waals surface area contributed by atoms with Crippen molar-refractivity contribution < 1.29 is 4.79 Å². The van der Waals surface area contributed by atoms with E-state index in [-0.39, 0.29) is 11.5 Å². The second-order valence-corrected chi connectivity index (χ2v) is 6.38. The largest absolute Gasteiger partial charge is 0.337 e. The van der Waals surface area contributed by atoms with Crippen molar-refractivity contribution in [1.29, 1.82) is 0 Å². The summed E-state index contributed by atoms with van der Waals surface area (Å²) in [7, 11) is 0. The van der Waals surface area contributed by atoms with Crippen LogP contribution in [0.1, 0.15) is 25.5 Å². The van der Waals surface area contributed by atoms with Crippen molar-refractivity contribution >= 4 is 5.91 Å². The van der Waals surface area contributed by atoms with Crippen LogP contribution in [-0.4, -0.2) is 27.1 Å². The summed E-state index contributed by atoms with van der Waals surface area (Å²) in [5, 5.41) is 4.44. The molecule has 0 N–H and O–H groups in total. The molecule has 0 aliphatic rings. The average molecular weight is 361 g/mol. The van der Waals surface area contributed by atoms with Gasteiger partial charge in [0, 0.05) is 24.7 Å². The van der Waals surface area contributed by atoms with E-state index in [1.54, 1.807) is 17.9 Å². The Morgan fingerprint density at radius 3 is 2.26 bits per heavy atom. The molecule has 0 aliphatic carbocycles. The quantitative estimate of drug-likeness (QED) is 0.675. The monoisotopic (exact) mass is 361 g/mol. The fourth-order valence-corrected chi connectivity index (χ4v) is 2.98. The Labute approximate surface area is 158 Å². The van der Waals surface area contributed by atoms with Crippen LogP contribution in [0.15, 0.2) is 77.6 Å². The number of hydrogen-bond acceptors (Lipinski definition) is 3. The number of carbonyl (C=O) groups is 1. The maximum Gasteiger partial charge on any atom is 0.267 e. The van der Waals surface area contributed by atoms with Gasteiger partial charge < -0.3 is 4.90 Å². The maximum absolute atomic E-state index is 13.0. The topological polar surface area (TPSA) is 55.2 Å². The third kappa shape index (κ3) is 4.31. The van der Waals surface area contributed by atoms with Crippen molar-refractivity contribution in [2.24, 2.45) is 0 Å². The highest BCUT2D eigenvalue weighted by Crippen LogP contribution is 2.16. The van der Waals surface area contributed by atoms with Gasteiger partial charge in [-0.25, -0.2) is 4.68 Å². The molecule has 0 aliphatic heterocycles. The van der Waals surface area contributed by atoms with Crippen LogP contribution in [0, 0.1) is 0 Å². The van der Waals surface area contributed by atoms with Gasteiger partial charge in [0.15, 0.2) is 0 Å². The van der Waals surface area contributed by atoms with Crippen LogP contribution in [0.25, 0.3) is 11.3 Å². The molecule has 3 rings (SSSR count). The number of likely N-dealkylation sites (N-methyl/N-ethyl adjacent to an activating group) is 1. The van der Waals surface area contributed by atoms with E-state index in [1.807, 2.05) is 67.6 Å². The summed E-state index contributed by atoms with van der Waals surface area (Å²) in [5.41, 5.74) is 2.34. The Hall–Kier alpha value is -3.21. The summed E-state index contributed by atoms with van der Waals surface area (Å²) in [6, 6.07) is 21.9. The summed E-state index contributed by atoms with van der Waals surface area (Å²) in [4.78, 5) is 27.1. The van der Waals surface area contributed by atoms with Crippen molar-refractivity contribution in [3.63, 3.8) is 0 Å². The Bertz CT molecular complexity index is 952. The molecule has 1 heterocycles. The zero-order valence-electron chi connectivity index (χ0n) is 15.6. The van der Waals surface area contributed by atoms with Crippen LogP contribution in [-0.2, 0) is 11.3 Å². The minimum Gasteiger partial charge on any atom is -0.337 e. The first-order valence-corrected chi connectivity index (χ1v) is 9.08. The molecule has 1 aromatic heterocycles. The van der Waals surface area contributed by atoms with E-state index in [1.165, 1.54) is 10.7 Å². The smallest absolute Gasteiger partial charge is 0.267 e. The van der Waals surface area contributed by atoms with Gasteiger partial charge in [0.1, 0.15) is 6.04 Å². The fraction of sp³-hybridized carbons (Fsp3) is 0.227. The van der Waals surface area contributed by atoms with Crippen LogP contribution in [0.2, 0.25) is 0 Å². The van der Waals surface area contributed by atoms with Crippen molar-refractivity contribution in [2.45, 2.75) is 26.4 Å². The molecule has 1 amide bonds. The third-order valence-electron chi connectivity index (χ3n) is 4.53. The SMILES string of the molecule is CCN(Cc1ccccc1)C(=O)C(C)n1nc(-c2ccccc2)ccc1=O. The number of rotatable bonds is 6. The summed E-state index contributed by atoms with van der Waals surface area (Å²) in [6.45, 7) is 4.72. The van der Waals surface area contributed by atoms with Gasteiger partial charge >= 0.3 is 0 Å². The van der Waals surface area contributed by atoms with Crippen LogP contribution >= 0.6 is 0 Å². The third-order valence-corrected chi connectivity index (χ3v) is 4.53. The molecule has 138 valence electrons. The van der Waals surface area contributed by atoms with Gasteiger partial charge in [-0.1, -0.05) is 60.7 Å². The fourth-order valence-electron chi connectivity index (χ4n) is 2.98. The van der Waals surface area contributed by atoms with E-state index in [2.05, 4.69) is 5.10 Å². The van der Waals surface area contributed by atoms with E-state index >= 15 is 0 Å². The lowest BCUT2D eigenvalue weighted by molar-refractivity contribution is -0.135. The number of aromatic nitrogens is 2. The number of nitrogens with zero attached hydrogens (tertiary/aromatic N) is 3. The highest BCUT2D eigenvalue weighted by atomic mass is 16.2. The highest BCUT2D eigenvalue weighted by molar-refractivity contribution is 5.80. The van der Waals surface area contributed by atoms with E-state index in [4.69, 9.17) is 0 Å². The Balaban J connectivity index is 1.86. The zero-order valence-corrected chi connectivity index (χ0v) is 15.6. The zero-order chi connectivity index (χ0) is 19.2. The molecule has 0 bridgehead atoms. The minimum absolute atomic E-state index is 0.124. The van der Waals surface area contributed by atoms with Crippen molar-refractivity contribution in [1.82, 2.24) is 14.7 Å². The standard InChI is InChI=1S/C22H23N3O2/c1-3-24(16-18-10-6-4-7-11-18)22(27)17(2)25-21(26)15-14-20(23-25)19-12-8-5-9-13-19/h4-15,17H,3,16H2,1-2H3. The van der Waals surface area contributed by atoms with E-state index < -0.39 is 6.04 Å². The molecule has 3 aromatic rings. The maximum atomic E-state index is 13.0. The number of carbonyl (C=O) groups excluding carboxylic acids is 1. The Kier molecular flexibility index (Phi) is 5.81. The molecule has 1 unspecified atom stereocenters. The minimum atomic E-state index is -0.676. The predicted octanol–water partition coefficient (Wildman–Crippen LogP) is 3.52. The number of benzene rings is 2. The lowest BCUT2D eigenvalue weighted by Crippen LogP contribution is -2.39. The first kappa shape index (κ1) is 18.6. The normalized spacial score (nSPS) is 11.8. The van der Waals surface area contributed by atoms with Crippen LogP contribution < -0.4 is 5.56 Å². The molecular weight excluding hydrogens is 338 g/mol. The van der Waals surface area contributed by atoms with E-state index in [0.717, 1.165) is 11.1 Å². The Morgan fingerprint density at radius 1 is 1.00 bits per heavy atom. The molecule has 5 heteroatoms. The Morgan fingerprint density at radius 2 is 1.63 bits per heavy atom. The van der Waals surface area contributed by atoms with Gasteiger partial charge in [-0.15, -0.1) is 0 Å². The molecule has 0 fully saturated rings. The molecule has 0 saturated heterocycles. The molecule has 27 heavy (non-hydrogen) atoms. The summed E-state index contributed by atoms with van der Waals surface area (Å²) < 4.78 is 1.28. The molecular formula is C22H23N3O2. The molecule has 2 aromatic carbocycles. The van der Waals surface area contributed by atoms with Crippen LogP contribution in [0.3, 0.4) is 0 Å². The van der Waals surface area contributed by atoms with Gasteiger partial charge in [0.25, 0.3) is 5.56 Å². The van der Waals surface area contributed by atoms with Crippen molar-refractivity contribution in [2.75, 3.05) is 6.54 Å². The second kappa shape index (κ2) is 8.45.